The van der Waals surface area contributed by atoms with Crippen LogP contribution in [0.3, 0.4) is 0 Å². The summed E-state index contributed by atoms with van der Waals surface area (Å²) < 4.78 is 119. The van der Waals surface area contributed by atoms with Crippen molar-refractivity contribution in [3.63, 3.8) is 0 Å². The SMILES string of the molecule is FC(F)(F)CCC(CCCCCOc1ccc(C2=C(c3ccccc3)CCCc3cc(OC4CCCCO4)ccc32)cc1)SC(CCCCCOc1ccc(C2=C(c3ccccc3)CCCc3cc(OC4CCCCO4)ccc32)cc1)CCC(F)(F)F. The second kappa shape index (κ2) is 31.8. The van der Waals surface area contributed by atoms with Gasteiger partial charge in [0.2, 0.25) is 0 Å². The minimum atomic E-state index is -4.35. The van der Waals surface area contributed by atoms with E-state index in [-0.39, 0.29) is 25.4 Å². The molecule has 0 amide bonds. The van der Waals surface area contributed by atoms with Gasteiger partial charge in [-0.05, 0) is 218 Å². The Kier molecular flexibility index (Phi) is 23.4. The smallest absolute Gasteiger partial charge is 0.389 e. The van der Waals surface area contributed by atoms with Crippen LogP contribution >= 0.6 is 11.8 Å². The van der Waals surface area contributed by atoms with Crippen LogP contribution in [0.15, 0.2) is 146 Å². The minimum Gasteiger partial charge on any atom is -0.494 e. The second-order valence-electron chi connectivity index (χ2n) is 23.7. The van der Waals surface area contributed by atoms with Crippen LogP contribution in [-0.2, 0) is 22.3 Å². The zero-order chi connectivity index (χ0) is 60.3. The minimum absolute atomic E-state index is 0.118. The van der Waals surface area contributed by atoms with Gasteiger partial charge in [0, 0.05) is 36.2 Å². The number of aryl methyl sites for hydroxylation is 2. The average Bonchev–Trinajstić information content (AvgIpc) is 2.62. The highest BCUT2D eigenvalue weighted by atomic mass is 32.2. The largest absolute Gasteiger partial charge is 0.494 e. The van der Waals surface area contributed by atoms with Crippen molar-refractivity contribution in [2.75, 3.05) is 26.4 Å². The molecule has 10 rings (SSSR count). The van der Waals surface area contributed by atoms with Gasteiger partial charge in [0.05, 0.1) is 26.4 Å². The van der Waals surface area contributed by atoms with Gasteiger partial charge in [-0.1, -0.05) is 123 Å². The fourth-order valence-corrected chi connectivity index (χ4v) is 14.4. The van der Waals surface area contributed by atoms with Crippen LogP contribution in [0.4, 0.5) is 26.3 Å². The van der Waals surface area contributed by atoms with Crippen molar-refractivity contribution in [2.45, 2.75) is 190 Å². The van der Waals surface area contributed by atoms with E-state index in [0.29, 0.717) is 51.7 Å². The van der Waals surface area contributed by atoms with Crippen LogP contribution in [-0.4, -0.2) is 61.9 Å². The first kappa shape index (κ1) is 63.9. The average molecular weight is 1220 g/mol. The second-order valence-corrected chi connectivity index (χ2v) is 25.3. The maximum atomic E-state index is 13.7. The number of fused-ring (bicyclic) bond motifs is 2. The van der Waals surface area contributed by atoms with Crippen LogP contribution in [0, 0.1) is 0 Å². The summed E-state index contributed by atoms with van der Waals surface area (Å²) >= 11 is 1.33. The molecule has 0 radical (unpaired) electrons. The Labute approximate surface area is 515 Å². The quantitative estimate of drug-likeness (QED) is 0.0358. The van der Waals surface area contributed by atoms with E-state index in [0.717, 1.165) is 137 Å². The van der Waals surface area contributed by atoms with Gasteiger partial charge in [0.1, 0.15) is 23.0 Å². The molecule has 0 spiro atoms. The molecule has 4 atom stereocenters. The lowest BCUT2D eigenvalue weighted by molar-refractivity contribution is -0.136. The maximum absolute atomic E-state index is 13.7. The van der Waals surface area contributed by atoms with Crippen molar-refractivity contribution in [3.8, 4) is 23.0 Å². The summed E-state index contributed by atoms with van der Waals surface area (Å²) in [5.74, 6) is 3.12. The van der Waals surface area contributed by atoms with E-state index in [2.05, 4.69) is 109 Å². The molecular weight excluding hydrogens is 1130 g/mol. The summed E-state index contributed by atoms with van der Waals surface area (Å²) in [6.07, 6.45) is 5.68. The Morgan fingerprint density at radius 2 is 0.828 bits per heavy atom. The van der Waals surface area contributed by atoms with Gasteiger partial charge in [-0.15, -0.1) is 0 Å². The lowest BCUT2D eigenvalue weighted by Gasteiger charge is -2.25. The molecule has 0 N–H and O–H groups in total. The molecule has 0 saturated carbocycles. The number of hydrogen-bond donors (Lipinski definition) is 0. The molecule has 0 aromatic heterocycles. The van der Waals surface area contributed by atoms with Crippen LogP contribution in [0.1, 0.15) is 186 Å². The highest BCUT2D eigenvalue weighted by molar-refractivity contribution is 8.00. The molecule has 2 aliphatic carbocycles. The zero-order valence-electron chi connectivity index (χ0n) is 50.1. The molecule has 6 nitrogen and oxygen atoms in total. The first-order valence-corrected chi connectivity index (χ1v) is 33.0. The van der Waals surface area contributed by atoms with E-state index >= 15 is 0 Å². The van der Waals surface area contributed by atoms with Gasteiger partial charge in [-0.3, -0.25) is 0 Å². The number of halogens is 6. The summed E-state index contributed by atoms with van der Waals surface area (Å²) in [7, 11) is 0. The van der Waals surface area contributed by atoms with Crippen LogP contribution < -0.4 is 18.9 Å². The van der Waals surface area contributed by atoms with Gasteiger partial charge < -0.3 is 28.4 Å². The fourth-order valence-electron chi connectivity index (χ4n) is 12.7. The normalized spacial score (nSPS) is 18.2. The number of hydrogen-bond acceptors (Lipinski definition) is 7. The molecule has 2 fully saturated rings. The van der Waals surface area contributed by atoms with Crippen molar-refractivity contribution in [2.24, 2.45) is 0 Å². The molecule has 0 bridgehead atoms. The molecule has 6 aromatic rings. The summed E-state index contributed by atoms with van der Waals surface area (Å²) in [4.78, 5) is 0. The predicted molar refractivity (Wildman–Crippen MR) is 338 cm³/mol. The summed E-state index contributed by atoms with van der Waals surface area (Å²) in [5, 5.41) is -0.810. The number of unbranched alkanes of at least 4 members (excludes halogenated alkanes) is 4. The number of ether oxygens (including phenoxy) is 6. The van der Waals surface area contributed by atoms with Crippen LogP contribution in [0.2, 0.25) is 0 Å². The molecule has 4 aliphatic rings. The van der Waals surface area contributed by atoms with Crippen molar-refractivity contribution < 1.29 is 54.8 Å². The number of alkyl halides is 6. The van der Waals surface area contributed by atoms with E-state index in [1.807, 2.05) is 36.4 Å². The highest BCUT2D eigenvalue weighted by Crippen LogP contribution is 2.44. The summed E-state index contributed by atoms with van der Waals surface area (Å²) in [5.41, 5.74) is 14.4. The Morgan fingerprint density at radius 3 is 1.22 bits per heavy atom. The monoisotopic (exact) mass is 1210 g/mol. The number of thioether (sulfide) groups is 1. The molecule has 2 heterocycles. The third kappa shape index (κ3) is 19.4. The molecule has 464 valence electrons. The third-order valence-electron chi connectivity index (χ3n) is 17.1. The Bertz CT molecular complexity index is 2920. The van der Waals surface area contributed by atoms with E-state index in [1.54, 1.807) is 0 Å². The zero-order valence-corrected chi connectivity index (χ0v) is 50.9. The lowest BCUT2D eigenvalue weighted by atomic mass is 9.88. The van der Waals surface area contributed by atoms with Gasteiger partial charge in [0.25, 0.3) is 0 Å². The summed E-state index contributed by atoms with van der Waals surface area (Å²) in [6, 6.07) is 50.4. The first-order valence-electron chi connectivity index (χ1n) is 32.0. The van der Waals surface area contributed by atoms with Gasteiger partial charge in [-0.2, -0.15) is 38.1 Å². The van der Waals surface area contributed by atoms with Gasteiger partial charge in [-0.25, -0.2) is 0 Å². The van der Waals surface area contributed by atoms with Gasteiger partial charge in [0.15, 0.2) is 12.6 Å². The van der Waals surface area contributed by atoms with Crippen molar-refractivity contribution >= 4 is 34.1 Å². The molecule has 2 saturated heterocycles. The molecule has 6 aromatic carbocycles. The number of benzene rings is 6. The van der Waals surface area contributed by atoms with Crippen molar-refractivity contribution in [1.29, 1.82) is 0 Å². The van der Waals surface area contributed by atoms with Gasteiger partial charge >= 0.3 is 12.4 Å². The van der Waals surface area contributed by atoms with E-state index < -0.39 is 35.7 Å². The molecule has 4 unspecified atom stereocenters. The van der Waals surface area contributed by atoms with E-state index in [1.165, 1.54) is 67.4 Å². The first-order chi connectivity index (χ1) is 42.4. The highest BCUT2D eigenvalue weighted by Gasteiger charge is 2.32. The van der Waals surface area contributed by atoms with E-state index in [4.69, 9.17) is 28.4 Å². The Morgan fingerprint density at radius 1 is 0.414 bits per heavy atom. The molecule has 2 aliphatic heterocycles. The fraction of sp³-hybridized carbons (Fsp3) is 0.459. The molecule has 87 heavy (non-hydrogen) atoms. The molecule has 13 heteroatoms. The standard InChI is InChI=1S/C74H84F6O6S/c75-73(76,77)45-43-63(25-9-3-13-47-81-59-35-31-55(32-36-59)71-65(53-19-5-1-6-20-53)27-17-23-57-51-61(39-41-67(57)71)85-69-29-11-15-49-83-69)87-64(44-46-74(78,79)80)26-10-4-14-48-82-60-37-33-56(34-38-60)72-66(54-21-7-2-8-22-54)28-18-24-58-52-62(40-42-68(58)72)86-70-30-12-16-50-84-70/h1-2,5-8,19-22,31-42,51-52,63-64,69-70H,3-4,9-18,23-30,43-50H2. The predicted octanol–water partition coefficient (Wildman–Crippen LogP) is 20.8. The van der Waals surface area contributed by atoms with Crippen molar-refractivity contribution in [1.82, 2.24) is 0 Å². The van der Waals surface area contributed by atoms with Crippen LogP contribution in [0.5, 0.6) is 23.0 Å². The van der Waals surface area contributed by atoms with Crippen LogP contribution in [0.25, 0.3) is 22.3 Å². The third-order valence-corrected chi connectivity index (χ3v) is 18.9. The topological polar surface area (TPSA) is 55.4 Å². The Balaban J connectivity index is 0.706. The Hall–Kier alpha value is -6.15. The van der Waals surface area contributed by atoms with E-state index in [9.17, 15) is 26.3 Å². The molecular formula is C74H84F6O6S. The maximum Gasteiger partial charge on any atom is 0.389 e. The van der Waals surface area contributed by atoms with Crippen molar-refractivity contribution in [3.05, 3.63) is 190 Å². The number of rotatable bonds is 28. The number of allylic oxidation sites excluding steroid dienone is 2. The summed E-state index contributed by atoms with van der Waals surface area (Å²) in [6.45, 7) is 2.32. The lowest BCUT2D eigenvalue weighted by Crippen LogP contribution is -2.25.